The molecule has 1 aromatic rings. The third-order valence-electron chi connectivity index (χ3n) is 2.03. The highest BCUT2D eigenvalue weighted by Gasteiger charge is 2.40. The van der Waals surface area contributed by atoms with Gasteiger partial charge in [-0.05, 0) is 12.1 Å². The Kier molecular flexibility index (Phi) is 4.86. The van der Waals surface area contributed by atoms with E-state index in [1.54, 1.807) is 0 Å². The Balaban J connectivity index is 2.35. The molecule has 2 nitrogen and oxygen atoms in total. The third-order valence-corrected chi connectivity index (χ3v) is 3.02. The van der Waals surface area contributed by atoms with Gasteiger partial charge in [-0.2, -0.15) is 13.2 Å². The summed E-state index contributed by atoms with van der Waals surface area (Å²) in [4.78, 5) is 12.5. The number of amides is 1. The van der Waals surface area contributed by atoms with Crippen LogP contribution < -0.4 is 0 Å². The Morgan fingerprint density at radius 2 is 1.88 bits per heavy atom. The first-order valence-electron chi connectivity index (χ1n) is 4.91. The number of nitrogens with zero attached hydrogens (tertiary/aromatic N) is 1. The molecule has 0 saturated carbocycles. The van der Waals surface area contributed by atoms with Crippen molar-refractivity contribution in [3.63, 3.8) is 0 Å². The molecule has 0 aliphatic rings. The van der Waals surface area contributed by atoms with E-state index in [9.17, 15) is 18.0 Å². The molecule has 0 aliphatic carbocycles. The van der Waals surface area contributed by atoms with E-state index in [1.165, 1.54) is 11.8 Å². The molecule has 17 heavy (non-hydrogen) atoms. The van der Waals surface area contributed by atoms with Crippen LogP contribution in [0, 0.1) is 0 Å². The molecule has 0 fully saturated rings. The summed E-state index contributed by atoms with van der Waals surface area (Å²) < 4.78 is 36.2. The van der Waals surface area contributed by atoms with Crippen molar-refractivity contribution in [3.05, 3.63) is 30.3 Å². The number of benzene rings is 1. The molecule has 0 unspecified atom stereocenters. The highest BCUT2D eigenvalue weighted by Crippen LogP contribution is 2.19. The summed E-state index contributed by atoms with van der Waals surface area (Å²) in [5.74, 6) is -1.37. The van der Waals surface area contributed by atoms with Gasteiger partial charge in [-0.15, -0.1) is 11.8 Å². The highest BCUT2D eigenvalue weighted by atomic mass is 32.2. The lowest BCUT2D eigenvalue weighted by molar-refractivity contribution is -0.183. The van der Waals surface area contributed by atoms with Crippen molar-refractivity contribution in [2.45, 2.75) is 11.1 Å². The minimum atomic E-state index is -4.79. The second-order valence-electron chi connectivity index (χ2n) is 3.39. The van der Waals surface area contributed by atoms with Crippen LogP contribution in [-0.2, 0) is 4.79 Å². The smallest absolute Gasteiger partial charge is 0.337 e. The van der Waals surface area contributed by atoms with Crippen molar-refractivity contribution < 1.29 is 18.0 Å². The Hall–Kier alpha value is -1.17. The molecule has 0 radical (unpaired) electrons. The van der Waals surface area contributed by atoms with E-state index in [-0.39, 0.29) is 6.54 Å². The van der Waals surface area contributed by atoms with Gasteiger partial charge in [0.05, 0.1) is 0 Å². The lowest BCUT2D eigenvalue weighted by Gasteiger charge is -2.18. The summed E-state index contributed by atoms with van der Waals surface area (Å²) in [7, 11) is 1.15. The first kappa shape index (κ1) is 13.9. The lowest BCUT2D eigenvalue weighted by atomic mass is 10.4. The number of halogens is 3. The average molecular weight is 263 g/mol. The van der Waals surface area contributed by atoms with Crippen molar-refractivity contribution in [1.82, 2.24) is 4.90 Å². The number of carbonyl (C=O) groups is 1. The Morgan fingerprint density at radius 1 is 1.29 bits per heavy atom. The topological polar surface area (TPSA) is 20.3 Å². The fraction of sp³-hybridized carbons (Fsp3) is 0.364. The molecular weight excluding hydrogens is 251 g/mol. The second kappa shape index (κ2) is 5.95. The zero-order valence-corrected chi connectivity index (χ0v) is 10.0. The van der Waals surface area contributed by atoms with Crippen molar-refractivity contribution >= 4 is 17.7 Å². The van der Waals surface area contributed by atoms with Gasteiger partial charge in [0, 0.05) is 24.2 Å². The minimum absolute atomic E-state index is 0.0674. The van der Waals surface area contributed by atoms with Crippen LogP contribution in [0.1, 0.15) is 0 Å². The number of hydrogen-bond donors (Lipinski definition) is 0. The quantitative estimate of drug-likeness (QED) is 0.778. The molecule has 0 bridgehead atoms. The lowest BCUT2D eigenvalue weighted by Crippen LogP contribution is -2.39. The zero-order chi connectivity index (χ0) is 12.9. The summed E-state index contributed by atoms with van der Waals surface area (Å²) in [6.07, 6.45) is -4.79. The molecule has 1 aromatic carbocycles. The monoisotopic (exact) mass is 263 g/mol. The summed E-state index contributed by atoms with van der Waals surface area (Å²) in [6, 6.07) is 9.32. The van der Waals surface area contributed by atoms with Gasteiger partial charge in [0.1, 0.15) is 0 Å². The van der Waals surface area contributed by atoms with Gasteiger partial charge in [0.25, 0.3) is 0 Å². The van der Waals surface area contributed by atoms with Gasteiger partial charge in [-0.1, -0.05) is 18.2 Å². The first-order valence-corrected chi connectivity index (χ1v) is 5.90. The van der Waals surface area contributed by atoms with Crippen LogP contribution >= 0.6 is 11.8 Å². The van der Waals surface area contributed by atoms with Gasteiger partial charge < -0.3 is 4.90 Å². The maximum Gasteiger partial charge on any atom is 0.471 e. The largest absolute Gasteiger partial charge is 0.471 e. The predicted molar refractivity (Wildman–Crippen MR) is 60.9 cm³/mol. The van der Waals surface area contributed by atoms with E-state index in [1.807, 2.05) is 30.3 Å². The molecule has 0 atom stereocenters. The van der Waals surface area contributed by atoms with Crippen LogP contribution in [-0.4, -0.2) is 36.3 Å². The number of carbonyl (C=O) groups excluding carboxylic acids is 1. The number of alkyl halides is 3. The van der Waals surface area contributed by atoms with Crippen LogP contribution in [0.15, 0.2) is 35.2 Å². The fourth-order valence-corrected chi connectivity index (χ4v) is 2.09. The second-order valence-corrected chi connectivity index (χ2v) is 4.55. The molecule has 0 spiro atoms. The van der Waals surface area contributed by atoms with Crippen LogP contribution in [0.2, 0.25) is 0 Å². The number of hydrogen-bond acceptors (Lipinski definition) is 2. The van der Waals surface area contributed by atoms with Gasteiger partial charge >= 0.3 is 12.1 Å². The molecule has 0 heterocycles. The summed E-state index contributed by atoms with van der Waals surface area (Å²) in [5, 5.41) is 0. The van der Waals surface area contributed by atoms with Crippen molar-refractivity contribution in [2.24, 2.45) is 0 Å². The molecule has 1 amide bonds. The molecule has 0 saturated heterocycles. The molecule has 94 valence electrons. The zero-order valence-electron chi connectivity index (χ0n) is 9.20. The van der Waals surface area contributed by atoms with Gasteiger partial charge in [-0.3, -0.25) is 4.79 Å². The fourth-order valence-electron chi connectivity index (χ4n) is 1.14. The molecular formula is C11H12F3NOS. The summed E-state index contributed by atoms with van der Waals surface area (Å²) >= 11 is 1.42. The molecule has 0 aromatic heterocycles. The summed E-state index contributed by atoms with van der Waals surface area (Å²) in [5.41, 5.74) is 0. The van der Waals surface area contributed by atoms with E-state index in [0.717, 1.165) is 11.9 Å². The first-order chi connectivity index (χ1) is 7.91. The van der Waals surface area contributed by atoms with Crippen LogP contribution in [0.3, 0.4) is 0 Å². The van der Waals surface area contributed by atoms with Crippen LogP contribution in [0.4, 0.5) is 13.2 Å². The van der Waals surface area contributed by atoms with Gasteiger partial charge in [-0.25, -0.2) is 0 Å². The average Bonchev–Trinajstić information content (AvgIpc) is 2.28. The standard InChI is InChI=1S/C11H12F3NOS/c1-15(10(16)11(12,13)14)7-8-17-9-5-3-2-4-6-9/h2-6H,7-8H2,1H3. The van der Waals surface area contributed by atoms with Crippen molar-refractivity contribution in [3.8, 4) is 0 Å². The molecule has 6 heteroatoms. The number of thioether (sulfide) groups is 1. The van der Waals surface area contributed by atoms with E-state index in [2.05, 4.69) is 0 Å². The molecule has 0 N–H and O–H groups in total. The minimum Gasteiger partial charge on any atom is -0.337 e. The van der Waals surface area contributed by atoms with Crippen LogP contribution in [0.5, 0.6) is 0 Å². The Morgan fingerprint density at radius 3 is 2.41 bits per heavy atom. The van der Waals surface area contributed by atoms with Gasteiger partial charge in [0.15, 0.2) is 0 Å². The van der Waals surface area contributed by atoms with Crippen molar-refractivity contribution in [2.75, 3.05) is 19.3 Å². The highest BCUT2D eigenvalue weighted by molar-refractivity contribution is 7.99. The SMILES string of the molecule is CN(CCSc1ccccc1)C(=O)C(F)(F)F. The Bertz CT molecular complexity index is 367. The van der Waals surface area contributed by atoms with Gasteiger partial charge in [0.2, 0.25) is 0 Å². The van der Waals surface area contributed by atoms with E-state index < -0.39 is 12.1 Å². The summed E-state index contributed by atoms with van der Waals surface area (Å²) in [6.45, 7) is 0.0674. The van der Waals surface area contributed by atoms with E-state index >= 15 is 0 Å². The maximum absolute atomic E-state index is 12.1. The normalized spacial score (nSPS) is 11.3. The predicted octanol–water partition coefficient (Wildman–Crippen LogP) is 2.80. The van der Waals surface area contributed by atoms with Crippen molar-refractivity contribution in [1.29, 1.82) is 0 Å². The van der Waals surface area contributed by atoms with Crippen LogP contribution in [0.25, 0.3) is 0 Å². The number of rotatable bonds is 4. The third kappa shape index (κ3) is 4.68. The van der Waals surface area contributed by atoms with E-state index in [0.29, 0.717) is 10.7 Å². The maximum atomic E-state index is 12.1. The van der Waals surface area contributed by atoms with E-state index in [4.69, 9.17) is 0 Å². The molecule has 0 aliphatic heterocycles. The molecule has 1 rings (SSSR count). The Labute approximate surface area is 102 Å².